The summed E-state index contributed by atoms with van der Waals surface area (Å²) >= 11 is 0. The van der Waals surface area contributed by atoms with Crippen molar-refractivity contribution in [2.75, 3.05) is 26.3 Å². The molecule has 0 aliphatic carbocycles. The predicted molar refractivity (Wildman–Crippen MR) is 54.7 cm³/mol. The van der Waals surface area contributed by atoms with Crippen LogP contribution in [0.1, 0.15) is 33.6 Å². The number of rotatable bonds is 7. The van der Waals surface area contributed by atoms with Crippen molar-refractivity contribution in [2.24, 2.45) is 0 Å². The highest BCUT2D eigenvalue weighted by Gasteiger charge is 2.26. The first-order chi connectivity index (χ1) is 6.14. The van der Waals surface area contributed by atoms with Gasteiger partial charge in [-0.25, -0.2) is 0 Å². The van der Waals surface area contributed by atoms with Crippen molar-refractivity contribution in [3.63, 3.8) is 0 Å². The Balaban J connectivity index is 4.28. The molecule has 0 rings (SSSR count). The van der Waals surface area contributed by atoms with Crippen molar-refractivity contribution in [3.05, 3.63) is 0 Å². The van der Waals surface area contributed by atoms with Crippen LogP contribution < -0.4 is 0 Å². The average Bonchev–Trinajstić information content (AvgIpc) is 2.16. The lowest BCUT2D eigenvalue weighted by Gasteiger charge is -2.39. The van der Waals surface area contributed by atoms with Crippen LogP contribution in [0, 0.1) is 0 Å². The maximum atomic E-state index is 8.89. The summed E-state index contributed by atoms with van der Waals surface area (Å²) in [5, 5.41) is 17.8. The molecule has 0 amide bonds. The van der Waals surface area contributed by atoms with Gasteiger partial charge in [-0.2, -0.15) is 0 Å². The summed E-state index contributed by atoms with van der Waals surface area (Å²) in [5.41, 5.74) is 0.117. The van der Waals surface area contributed by atoms with Crippen LogP contribution >= 0.6 is 0 Å². The van der Waals surface area contributed by atoms with E-state index in [1.165, 1.54) is 0 Å². The third kappa shape index (κ3) is 3.63. The van der Waals surface area contributed by atoms with Gasteiger partial charge in [-0.15, -0.1) is 0 Å². The highest BCUT2D eigenvalue weighted by molar-refractivity contribution is 4.83. The van der Waals surface area contributed by atoms with Gasteiger partial charge in [0.05, 0.1) is 13.2 Å². The van der Waals surface area contributed by atoms with Gasteiger partial charge in [0.15, 0.2) is 0 Å². The Morgan fingerprint density at radius 2 is 1.38 bits per heavy atom. The molecule has 0 aliphatic heterocycles. The van der Waals surface area contributed by atoms with Gasteiger partial charge in [-0.05, 0) is 19.8 Å². The van der Waals surface area contributed by atoms with Crippen molar-refractivity contribution >= 4 is 0 Å². The molecule has 0 bridgehead atoms. The molecule has 0 saturated heterocycles. The standard InChI is InChI=1S/C10H23NO2/c1-4-10(3,5-2)11(6-8-12)7-9-13/h12-13H,4-9H2,1-3H3. The van der Waals surface area contributed by atoms with Gasteiger partial charge in [0.25, 0.3) is 0 Å². The smallest absolute Gasteiger partial charge is 0.0558 e. The van der Waals surface area contributed by atoms with E-state index in [0.29, 0.717) is 13.1 Å². The highest BCUT2D eigenvalue weighted by atomic mass is 16.3. The van der Waals surface area contributed by atoms with Gasteiger partial charge >= 0.3 is 0 Å². The van der Waals surface area contributed by atoms with Crippen molar-refractivity contribution < 1.29 is 10.2 Å². The molecule has 0 aliphatic rings. The molecule has 0 spiro atoms. The first-order valence-electron chi connectivity index (χ1n) is 5.11. The molecule has 0 heterocycles. The van der Waals surface area contributed by atoms with Crippen LogP contribution in [0.2, 0.25) is 0 Å². The van der Waals surface area contributed by atoms with Crippen molar-refractivity contribution in [3.8, 4) is 0 Å². The van der Waals surface area contributed by atoms with Gasteiger partial charge in [0.2, 0.25) is 0 Å². The fourth-order valence-corrected chi connectivity index (χ4v) is 1.59. The fourth-order valence-electron chi connectivity index (χ4n) is 1.59. The molecule has 3 nitrogen and oxygen atoms in total. The molecule has 0 radical (unpaired) electrons. The quantitative estimate of drug-likeness (QED) is 0.624. The zero-order valence-electron chi connectivity index (χ0n) is 9.08. The molecule has 0 aromatic rings. The summed E-state index contributed by atoms with van der Waals surface area (Å²) in [7, 11) is 0. The highest BCUT2D eigenvalue weighted by Crippen LogP contribution is 2.22. The Bertz CT molecular complexity index is 118. The summed E-state index contributed by atoms with van der Waals surface area (Å²) in [6.07, 6.45) is 2.09. The number of nitrogens with zero attached hydrogens (tertiary/aromatic N) is 1. The summed E-state index contributed by atoms with van der Waals surface area (Å²) in [6, 6.07) is 0. The summed E-state index contributed by atoms with van der Waals surface area (Å²) < 4.78 is 0. The Hall–Kier alpha value is -0.120. The van der Waals surface area contributed by atoms with Crippen LogP contribution in [-0.4, -0.2) is 47.0 Å². The lowest BCUT2D eigenvalue weighted by Crippen LogP contribution is -2.48. The van der Waals surface area contributed by atoms with E-state index in [1.54, 1.807) is 0 Å². The lowest BCUT2D eigenvalue weighted by molar-refractivity contribution is 0.0555. The molecule has 0 unspecified atom stereocenters. The maximum absolute atomic E-state index is 8.89. The number of aliphatic hydroxyl groups is 2. The van der Waals surface area contributed by atoms with E-state index in [4.69, 9.17) is 10.2 Å². The number of β-amino-alcohol motifs (C(OH)–C–C–N with tert-alkyl or cyclic N) is 2. The topological polar surface area (TPSA) is 43.7 Å². The second kappa shape index (κ2) is 6.35. The van der Waals surface area contributed by atoms with Crippen molar-refractivity contribution in [1.29, 1.82) is 0 Å². The van der Waals surface area contributed by atoms with E-state index in [9.17, 15) is 0 Å². The zero-order chi connectivity index (χ0) is 10.3. The predicted octanol–water partition coefficient (Wildman–Crippen LogP) is 0.852. The van der Waals surface area contributed by atoms with E-state index in [-0.39, 0.29) is 18.8 Å². The molecule has 3 heteroatoms. The summed E-state index contributed by atoms with van der Waals surface area (Å²) in [4.78, 5) is 2.16. The van der Waals surface area contributed by atoms with Gasteiger partial charge in [-0.1, -0.05) is 13.8 Å². The number of hydrogen-bond acceptors (Lipinski definition) is 3. The minimum absolute atomic E-state index is 0.117. The van der Waals surface area contributed by atoms with Gasteiger partial charge < -0.3 is 10.2 Å². The van der Waals surface area contributed by atoms with E-state index in [1.807, 2.05) is 0 Å². The number of aliphatic hydroxyl groups excluding tert-OH is 2. The first kappa shape index (κ1) is 12.9. The van der Waals surface area contributed by atoms with Crippen LogP contribution in [-0.2, 0) is 0 Å². The minimum Gasteiger partial charge on any atom is -0.395 e. The lowest BCUT2D eigenvalue weighted by atomic mass is 9.93. The molecular formula is C10H23NO2. The third-order valence-corrected chi connectivity index (χ3v) is 3.03. The van der Waals surface area contributed by atoms with E-state index < -0.39 is 0 Å². The van der Waals surface area contributed by atoms with Crippen molar-refractivity contribution in [2.45, 2.75) is 39.2 Å². The van der Waals surface area contributed by atoms with Crippen LogP contribution in [0.3, 0.4) is 0 Å². The monoisotopic (exact) mass is 189 g/mol. The molecule has 0 aromatic carbocycles. The Kier molecular flexibility index (Phi) is 6.29. The first-order valence-corrected chi connectivity index (χ1v) is 5.11. The summed E-state index contributed by atoms with van der Waals surface area (Å²) in [6.45, 7) is 8.09. The van der Waals surface area contributed by atoms with Crippen molar-refractivity contribution in [1.82, 2.24) is 4.90 Å². The summed E-state index contributed by atoms with van der Waals surface area (Å²) in [5.74, 6) is 0. The third-order valence-electron chi connectivity index (χ3n) is 3.03. The van der Waals surface area contributed by atoms with Gasteiger partial charge in [-0.3, -0.25) is 4.90 Å². The minimum atomic E-state index is 0.117. The second-order valence-electron chi connectivity index (χ2n) is 3.64. The van der Waals surface area contributed by atoms with Gasteiger partial charge in [0.1, 0.15) is 0 Å². The Labute approximate surface area is 81.4 Å². The fraction of sp³-hybridized carbons (Fsp3) is 1.00. The molecule has 2 N–H and O–H groups in total. The second-order valence-corrected chi connectivity index (χ2v) is 3.64. The molecule has 13 heavy (non-hydrogen) atoms. The van der Waals surface area contributed by atoms with E-state index >= 15 is 0 Å². The largest absolute Gasteiger partial charge is 0.395 e. The molecule has 80 valence electrons. The Morgan fingerprint density at radius 1 is 1.00 bits per heavy atom. The number of hydrogen-bond donors (Lipinski definition) is 2. The molecule has 0 fully saturated rings. The SMILES string of the molecule is CCC(C)(CC)N(CCO)CCO. The van der Waals surface area contributed by atoms with Crippen LogP contribution in [0.25, 0.3) is 0 Å². The Morgan fingerprint density at radius 3 is 1.62 bits per heavy atom. The van der Waals surface area contributed by atoms with E-state index in [2.05, 4.69) is 25.7 Å². The van der Waals surface area contributed by atoms with Crippen LogP contribution in [0.5, 0.6) is 0 Å². The van der Waals surface area contributed by atoms with E-state index in [0.717, 1.165) is 12.8 Å². The molecule has 0 saturated carbocycles. The van der Waals surface area contributed by atoms with Crippen LogP contribution in [0.4, 0.5) is 0 Å². The molecule has 0 aromatic heterocycles. The normalized spacial score (nSPS) is 12.5. The average molecular weight is 189 g/mol. The molecular weight excluding hydrogens is 166 g/mol. The zero-order valence-corrected chi connectivity index (χ0v) is 9.08. The van der Waals surface area contributed by atoms with Crippen LogP contribution in [0.15, 0.2) is 0 Å². The maximum Gasteiger partial charge on any atom is 0.0558 e. The van der Waals surface area contributed by atoms with Gasteiger partial charge in [0, 0.05) is 18.6 Å². The molecule has 0 atom stereocenters.